The number of methoxy groups -OCH3 is 1. The van der Waals surface area contributed by atoms with Crippen LogP contribution in [0.1, 0.15) is 31.7 Å². The van der Waals surface area contributed by atoms with E-state index in [0.717, 1.165) is 35.4 Å². The molecule has 0 saturated carbocycles. The van der Waals surface area contributed by atoms with Crippen molar-refractivity contribution >= 4 is 11.9 Å². The Kier molecular flexibility index (Phi) is 6.02. The van der Waals surface area contributed by atoms with E-state index in [-0.39, 0.29) is 18.0 Å². The van der Waals surface area contributed by atoms with Crippen molar-refractivity contribution in [1.29, 1.82) is 0 Å². The minimum atomic E-state index is -0.107. The molecular weight excluding hydrogens is 356 g/mol. The van der Waals surface area contributed by atoms with Crippen LogP contribution in [-0.4, -0.2) is 64.6 Å². The first kappa shape index (κ1) is 19.9. The Morgan fingerprint density at radius 2 is 2.00 bits per heavy atom. The first-order chi connectivity index (χ1) is 13.4. The number of aryl methyl sites for hydroxylation is 1. The zero-order valence-corrected chi connectivity index (χ0v) is 17.0. The quantitative estimate of drug-likeness (QED) is 0.812. The van der Waals surface area contributed by atoms with Crippen molar-refractivity contribution in [2.45, 2.75) is 39.2 Å². The summed E-state index contributed by atoms with van der Waals surface area (Å²) < 4.78 is 6.82. The van der Waals surface area contributed by atoms with Crippen LogP contribution in [0.4, 0.5) is 4.79 Å². The maximum atomic E-state index is 12.9. The van der Waals surface area contributed by atoms with Crippen LogP contribution < -0.4 is 4.74 Å². The highest BCUT2D eigenvalue weighted by atomic mass is 16.5. The fraction of sp³-hybridized carbons (Fsp3) is 0.476. The summed E-state index contributed by atoms with van der Waals surface area (Å²) in [5.74, 6) is 1.01. The average molecular weight is 384 g/mol. The summed E-state index contributed by atoms with van der Waals surface area (Å²) in [4.78, 5) is 32.7. The molecule has 7 nitrogen and oxygen atoms in total. The fourth-order valence-electron chi connectivity index (χ4n) is 3.68. The van der Waals surface area contributed by atoms with Gasteiger partial charge in [-0.25, -0.2) is 9.78 Å². The van der Waals surface area contributed by atoms with Gasteiger partial charge in [0.2, 0.25) is 5.91 Å². The molecule has 1 aromatic carbocycles. The van der Waals surface area contributed by atoms with Gasteiger partial charge in [-0.2, -0.15) is 0 Å². The van der Waals surface area contributed by atoms with Gasteiger partial charge in [0.1, 0.15) is 12.1 Å². The number of rotatable bonds is 4. The molecule has 0 atom stereocenters. The lowest BCUT2D eigenvalue weighted by Gasteiger charge is -2.36. The summed E-state index contributed by atoms with van der Waals surface area (Å²) in [5.41, 5.74) is 2.71. The number of likely N-dealkylation sites (tertiary alicyclic amines) is 1. The number of piperidine rings is 1. The Labute approximate surface area is 165 Å². The summed E-state index contributed by atoms with van der Waals surface area (Å²) in [6, 6.07) is 5.86. The summed E-state index contributed by atoms with van der Waals surface area (Å²) in [5, 5.41) is 0. The number of hydrogen-bond acceptors (Lipinski definition) is 4. The predicted molar refractivity (Wildman–Crippen MR) is 107 cm³/mol. The third-order valence-corrected chi connectivity index (χ3v) is 5.46. The molecule has 3 rings (SSSR count). The Hall–Kier alpha value is -2.83. The molecule has 1 fully saturated rings. The van der Waals surface area contributed by atoms with Gasteiger partial charge in [-0.3, -0.25) is 9.36 Å². The number of carbonyl (C=O) groups is 2. The number of nitrogens with zero attached hydrogens (tertiary/aromatic N) is 4. The Balaban J connectivity index is 1.67. The number of carbonyl (C=O) groups excluding carboxylic acids is 2. The van der Waals surface area contributed by atoms with Gasteiger partial charge in [-0.05, 0) is 43.5 Å². The highest BCUT2D eigenvalue weighted by Gasteiger charge is 2.27. The van der Waals surface area contributed by atoms with Gasteiger partial charge in [-0.1, -0.05) is 6.92 Å². The minimum absolute atomic E-state index is 0.107. The zero-order valence-electron chi connectivity index (χ0n) is 17.0. The van der Waals surface area contributed by atoms with Crippen molar-refractivity contribution in [1.82, 2.24) is 19.4 Å². The second-order valence-electron chi connectivity index (χ2n) is 7.21. The lowest BCUT2D eigenvalue weighted by molar-refractivity contribution is -0.132. The van der Waals surface area contributed by atoms with E-state index in [9.17, 15) is 9.59 Å². The summed E-state index contributed by atoms with van der Waals surface area (Å²) >= 11 is 0. The van der Waals surface area contributed by atoms with Crippen LogP contribution in [0, 0.1) is 6.92 Å². The molecule has 1 aliphatic rings. The van der Waals surface area contributed by atoms with Gasteiger partial charge in [0, 0.05) is 44.4 Å². The van der Waals surface area contributed by atoms with Crippen LogP contribution in [0.15, 0.2) is 30.7 Å². The molecule has 2 amide bonds. The lowest BCUT2D eigenvalue weighted by atomic mass is 10.0. The van der Waals surface area contributed by atoms with Gasteiger partial charge in [0.15, 0.2) is 0 Å². The van der Waals surface area contributed by atoms with E-state index in [1.54, 1.807) is 24.5 Å². The molecule has 0 N–H and O–H groups in total. The fourth-order valence-corrected chi connectivity index (χ4v) is 3.68. The van der Waals surface area contributed by atoms with Crippen LogP contribution in [0.3, 0.4) is 0 Å². The number of amides is 2. The molecular formula is C21H28N4O3. The second kappa shape index (κ2) is 8.46. The standard InChI is InChI=1S/C21H28N4O3/c1-5-20(26)24-10-8-17(9-11-24)23(3)21(27)25-13-18(22-14-25)16-6-7-19(28-4)15(2)12-16/h6-7,12-14,17H,5,8-11H2,1-4H3. The Morgan fingerprint density at radius 3 is 2.61 bits per heavy atom. The number of hydrogen-bond donors (Lipinski definition) is 0. The highest BCUT2D eigenvalue weighted by molar-refractivity contribution is 5.78. The van der Waals surface area contributed by atoms with Crippen LogP contribution in [0.5, 0.6) is 5.75 Å². The molecule has 0 radical (unpaired) electrons. The van der Waals surface area contributed by atoms with Gasteiger partial charge in [0.25, 0.3) is 0 Å². The van der Waals surface area contributed by atoms with Crippen LogP contribution >= 0.6 is 0 Å². The van der Waals surface area contributed by atoms with E-state index < -0.39 is 0 Å². The molecule has 150 valence electrons. The normalized spacial score (nSPS) is 14.8. The second-order valence-corrected chi connectivity index (χ2v) is 7.21. The van der Waals surface area contributed by atoms with Gasteiger partial charge < -0.3 is 14.5 Å². The monoisotopic (exact) mass is 384 g/mol. The maximum Gasteiger partial charge on any atom is 0.329 e. The third kappa shape index (κ3) is 4.03. The summed E-state index contributed by atoms with van der Waals surface area (Å²) in [7, 11) is 3.47. The van der Waals surface area contributed by atoms with Crippen molar-refractivity contribution < 1.29 is 14.3 Å². The van der Waals surface area contributed by atoms with Gasteiger partial charge >= 0.3 is 6.03 Å². The molecule has 2 heterocycles. The van der Waals surface area contributed by atoms with E-state index >= 15 is 0 Å². The minimum Gasteiger partial charge on any atom is -0.496 e. The van der Waals surface area contributed by atoms with E-state index in [2.05, 4.69) is 4.98 Å². The van der Waals surface area contributed by atoms with Crippen LogP contribution in [0.25, 0.3) is 11.3 Å². The van der Waals surface area contributed by atoms with Crippen molar-refractivity contribution in [3.63, 3.8) is 0 Å². The molecule has 7 heteroatoms. The molecule has 0 bridgehead atoms. The SMILES string of the molecule is CCC(=O)N1CCC(N(C)C(=O)n2cnc(-c3ccc(OC)c(C)c3)c2)CC1. The van der Waals surface area contributed by atoms with E-state index in [1.807, 2.05) is 44.0 Å². The van der Waals surface area contributed by atoms with E-state index in [4.69, 9.17) is 4.74 Å². The molecule has 0 unspecified atom stereocenters. The van der Waals surface area contributed by atoms with Crippen molar-refractivity contribution in [2.24, 2.45) is 0 Å². The molecule has 1 saturated heterocycles. The third-order valence-electron chi connectivity index (χ3n) is 5.46. The van der Waals surface area contributed by atoms with Crippen molar-refractivity contribution in [3.05, 3.63) is 36.3 Å². The number of aromatic nitrogens is 2. The molecule has 0 spiro atoms. The first-order valence-corrected chi connectivity index (χ1v) is 9.68. The zero-order chi connectivity index (χ0) is 20.3. The lowest BCUT2D eigenvalue weighted by Crippen LogP contribution is -2.48. The predicted octanol–water partition coefficient (Wildman–Crippen LogP) is 3.17. The van der Waals surface area contributed by atoms with Crippen LogP contribution in [-0.2, 0) is 4.79 Å². The largest absolute Gasteiger partial charge is 0.496 e. The molecule has 0 aliphatic carbocycles. The first-order valence-electron chi connectivity index (χ1n) is 9.68. The smallest absolute Gasteiger partial charge is 0.329 e. The topological polar surface area (TPSA) is 67.7 Å². The maximum absolute atomic E-state index is 12.9. The number of ether oxygens (including phenoxy) is 1. The van der Waals surface area contributed by atoms with Crippen molar-refractivity contribution in [3.8, 4) is 17.0 Å². The molecule has 28 heavy (non-hydrogen) atoms. The van der Waals surface area contributed by atoms with Gasteiger partial charge in [0.05, 0.1) is 12.8 Å². The van der Waals surface area contributed by atoms with Gasteiger partial charge in [-0.15, -0.1) is 0 Å². The average Bonchev–Trinajstić information content (AvgIpc) is 3.22. The summed E-state index contributed by atoms with van der Waals surface area (Å²) in [6.07, 6.45) is 5.45. The Morgan fingerprint density at radius 1 is 1.29 bits per heavy atom. The van der Waals surface area contributed by atoms with Crippen LogP contribution in [0.2, 0.25) is 0 Å². The number of imidazole rings is 1. The van der Waals surface area contributed by atoms with E-state index in [0.29, 0.717) is 19.5 Å². The Bertz CT molecular complexity index is 853. The highest BCUT2D eigenvalue weighted by Crippen LogP contribution is 2.25. The number of benzene rings is 1. The summed E-state index contributed by atoms with van der Waals surface area (Å²) in [6.45, 7) is 5.27. The van der Waals surface area contributed by atoms with E-state index in [1.165, 1.54) is 4.57 Å². The molecule has 2 aromatic rings. The molecule has 1 aromatic heterocycles. The van der Waals surface area contributed by atoms with Crippen molar-refractivity contribution in [2.75, 3.05) is 27.2 Å². The molecule has 1 aliphatic heterocycles.